The lowest BCUT2D eigenvalue weighted by Gasteiger charge is -2.38. The maximum Gasteiger partial charge on any atom is 0.113 e. The molecule has 0 spiro atoms. The molecule has 1 heterocycles. The third-order valence-corrected chi connectivity index (χ3v) is 4.69. The normalized spacial score (nSPS) is 22.5. The van der Waals surface area contributed by atoms with E-state index in [2.05, 4.69) is 57.8 Å². The first kappa shape index (κ1) is 16.9. The molecule has 128 valence electrons. The van der Waals surface area contributed by atoms with Crippen LogP contribution in [0.3, 0.4) is 0 Å². The van der Waals surface area contributed by atoms with E-state index in [1.54, 1.807) is 4.80 Å². The Kier molecular flexibility index (Phi) is 3.91. The van der Waals surface area contributed by atoms with Crippen LogP contribution in [0.2, 0.25) is 0 Å². The third-order valence-electron chi connectivity index (χ3n) is 4.69. The van der Waals surface area contributed by atoms with Crippen molar-refractivity contribution in [2.75, 3.05) is 0 Å². The summed E-state index contributed by atoms with van der Waals surface area (Å²) in [5.41, 5.74) is 3.58. The van der Waals surface area contributed by atoms with Crippen LogP contribution in [-0.2, 0) is 0 Å². The van der Waals surface area contributed by atoms with Gasteiger partial charge in [-0.2, -0.15) is 4.80 Å². The molecule has 2 unspecified atom stereocenters. The average Bonchev–Trinajstić information content (AvgIpc) is 2.88. The Morgan fingerprint density at radius 1 is 0.958 bits per heavy atom. The summed E-state index contributed by atoms with van der Waals surface area (Å²) in [6.07, 6.45) is 3.64. The molecule has 1 aromatic carbocycles. The van der Waals surface area contributed by atoms with E-state index in [4.69, 9.17) is 0 Å². The minimum absolute atomic E-state index is 0.00145. The zero-order valence-corrected chi connectivity index (χ0v) is 15.4. The smallest absolute Gasteiger partial charge is 0.113 e. The van der Waals surface area contributed by atoms with Crippen LogP contribution >= 0.6 is 0 Å². The lowest BCUT2D eigenvalue weighted by atomic mass is 9.70. The van der Waals surface area contributed by atoms with Gasteiger partial charge in [-0.3, -0.25) is 0 Å². The summed E-state index contributed by atoms with van der Waals surface area (Å²) in [7, 11) is 0. The lowest BCUT2D eigenvalue weighted by molar-refractivity contribution is 0.106. The highest BCUT2D eigenvalue weighted by Gasteiger charge is 2.37. The second kappa shape index (κ2) is 5.55. The Morgan fingerprint density at radius 2 is 1.50 bits per heavy atom. The number of aliphatic hydroxyl groups excluding tert-OH is 1. The zero-order valence-electron chi connectivity index (χ0n) is 15.4. The quantitative estimate of drug-likeness (QED) is 0.851. The van der Waals surface area contributed by atoms with Gasteiger partial charge in [0.1, 0.15) is 17.1 Å². The van der Waals surface area contributed by atoms with Crippen molar-refractivity contribution in [3.63, 3.8) is 0 Å². The van der Waals surface area contributed by atoms with Crippen LogP contribution in [0.4, 0.5) is 0 Å². The molecule has 1 aliphatic carbocycles. The topological polar surface area (TPSA) is 50.9 Å². The number of fused-ring (bicyclic) bond motifs is 1. The standard InChI is InChI=1S/C20H27N3O/c1-19(2,3)13-11-14(20(4,5)6)18(24)17(12-13)23-21-15-9-7-8-10-16(15)22-23/h7-12,14,18,24H,1-6H3. The minimum Gasteiger partial charge on any atom is -0.386 e. The predicted octanol–water partition coefficient (Wildman–Crippen LogP) is 4.28. The van der Waals surface area contributed by atoms with Gasteiger partial charge in [-0.25, -0.2) is 0 Å². The van der Waals surface area contributed by atoms with Crippen molar-refractivity contribution in [3.05, 3.63) is 42.0 Å². The van der Waals surface area contributed by atoms with Crippen molar-refractivity contribution in [2.45, 2.75) is 47.6 Å². The monoisotopic (exact) mass is 325 g/mol. The third kappa shape index (κ3) is 3.03. The van der Waals surface area contributed by atoms with Crippen LogP contribution in [0.5, 0.6) is 0 Å². The summed E-state index contributed by atoms with van der Waals surface area (Å²) in [5, 5.41) is 20.2. The number of nitrogens with zero attached hydrogens (tertiary/aromatic N) is 3. The molecule has 24 heavy (non-hydrogen) atoms. The van der Waals surface area contributed by atoms with Gasteiger partial charge < -0.3 is 5.11 Å². The maximum absolute atomic E-state index is 11.0. The Morgan fingerprint density at radius 3 is 1.96 bits per heavy atom. The highest BCUT2D eigenvalue weighted by Crippen LogP contribution is 2.42. The van der Waals surface area contributed by atoms with Crippen molar-refractivity contribution in [1.29, 1.82) is 0 Å². The van der Waals surface area contributed by atoms with E-state index < -0.39 is 6.10 Å². The fourth-order valence-corrected chi connectivity index (χ4v) is 3.10. The number of hydrogen-bond acceptors (Lipinski definition) is 3. The summed E-state index contributed by atoms with van der Waals surface area (Å²) in [5.74, 6) is 0.0147. The summed E-state index contributed by atoms with van der Waals surface area (Å²) in [6, 6.07) is 7.78. The SMILES string of the molecule is CC(C)(C)C1=CC(C(C)(C)C)C(O)C(n2nc3ccccc3n2)=C1. The van der Waals surface area contributed by atoms with E-state index in [1.807, 2.05) is 30.3 Å². The van der Waals surface area contributed by atoms with Crippen LogP contribution in [0.1, 0.15) is 41.5 Å². The highest BCUT2D eigenvalue weighted by molar-refractivity contribution is 5.74. The Labute approximate surface area is 143 Å². The summed E-state index contributed by atoms with van der Waals surface area (Å²) in [6.45, 7) is 13.1. The fourth-order valence-electron chi connectivity index (χ4n) is 3.10. The molecule has 1 N–H and O–H groups in total. The molecule has 1 aliphatic rings. The van der Waals surface area contributed by atoms with E-state index in [0.29, 0.717) is 0 Å². The summed E-state index contributed by atoms with van der Waals surface area (Å²) in [4.78, 5) is 1.60. The average molecular weight is 325 g/mol. The van der Waals surface area contributed by atoms with Gasteiger partial charge in [0, 0.05) is 5.92 Å². The van der Waals surface area contributed by atoms with Gasteiger partial charge in [-0.05, 0) is 34.6 Å². The molecular weight excluding hydrogens is 298 g/mol. The van der Waals surface area contributed by atoms with Crippen molar-refractivity contribution in [2.24, 2.45) is 16.7 Å². The number of aromatic nitrogens is 3. The molecular formula is C20H27N3O. The number of allylic oxidation sites excluding steroid dienone is 2. The van der Waals surface area contributed by atoms with Crippen molar-refractivity contribution in [1.82, 2.24) is 15.0 Å². The first-order valence-electron chi connectivity index (χ1n) is 8.52. The lowest BCUT2D eigenvalue weighted by Crippen LogP contribution is -2.36. The molecule has 0 amide bonds. The molecule has 0 aliphatic heterocycles. The first-order chi connectivity index (χ1) is 11.1. The number of benzene rings is 1. The predicted molar refractivity (Wildman–Crippen MR) is 98.3 cm³/mol. The van der Waals surface area contributed by atoms with Crippen LogP contribution in [0, 0.1) is 16.7 Å². The molecule has 0 fully saturated rings. The van der Waals surface area contributed by atoms with E-state index >= 15 is 0 Å². The van der Waals surface area contributed by atoms with Gasteiger partial charge in [0.2, 0.25) is 0 Å². The zero-order chi connectivity index (χ0) is 17.7. The largest absolute Gasteiger partial charge is 0.386 e. The molecule has 3 rings (SSSR count). The molecule has 0 saturated carbocycles. The second-order valence-corrected chi connectivity index (χ2v) is 8.76. The minimum atomic E-state index is -0.627. The molecule has 0 bridgehead atoms. The van der Waals surface area contributed by atoms with E-state index in [9.17, 15) is 5.11 Å². The van der Waals surface area contributed by atoms with Gasteiger partial charge in [0.25, 0.3) is 0 Å². The second-order valence-electron chi connectivity index (χ2n) is 8.76. The van der Waals surface area contributed by atoms with Crippen molar-refractivity contribution in [3.8, 4) is 0 Å². The Bertz CT molecular complexity index is 782. The van der Waals surface area contributed by atoms with E-state index in [1.165, 1.54) is 5.57 Å². The molecule has 0 saturated heterocycles. The number of hydrogen-bond donors (Lipinski definition) is 1. The van der Waals surface area contributed by atoms with E-state index in [-0.39, 0.29) is 16.7 Å². The number of aliphatic hydroxyl groups is 1. The van der Waals surface area contributed by atoms with Crippen LogP contribution in [0.25, 0.3) is 16.7 Å². The van der Waals surface area contributed by atoms with Crippen LogP contribution in [-0.4, -0.2) is 26.2 Å². The van der Waals surface area contributed by atoms with Crippen molar-refractivity contribution < 1.29 is 5.11 Å². The Balaban J connectivity index is 2.14. The summed E-state index contributed by atoms with van der Waals surface area (Å²) < 4.78 is 0. The fraction of sp³-hybridized carbons (Fsp3) is 0.500. The van der Waals surface area contributed by atoms with Crippen molar-refractivity contribution >= 4 is 16.7 Å². The van der Waals surface area contributed by atoms with Crippen LogP contribution < -0.4 is 0 Å². The summed E-state index contributed by atoms with van der Waals surface area (Å²) >= 11 is 0. The van der Waals surface area contributed by atoms with E-state index in [0.717, 1.165) is 16.7 Å². The molecule has 4 nitrogen and oxygen atoms in total. The van der Waals surface area contributed by atoms with Crippen LogP contribution in [0.15, 0.2) is 42.0 Å². The van der Waals surface area contributed by atoms with Gasteiger partial charge in [-0.1, -0.05) is 59.8 Å². The molecule has 0 radical (unpaired) electrons. The molecule has 2 atom stereocenters. The molecule has 4 heteroatoms. The highest BCUT2D eigenvalue weighted by atomic mass is 16.3. The van der Waals surface area contributed by atoms with Gasteiger partial charge in [0.05, 0.1) is 5.70 Å². The van der Waals surface area contributed by atoms with Gasteiger partial charge in [0.15, 0.2) is 0 Å². The Hall–Kier alpha value is -1.94. The van der Waals surface area contributed by atoms with Gasteiger partial charge in [-0.15, -0.1) is 10.2 Å². The first-order valence-corrected chi connectivity index (χ1v) is 8.52. The molecule has 1 aromatic heterocycles. The number of rotatable bonds is 1. The molecule has 2 aromatic rings. The maximum atomic E-state index is 11.0. The van der Waals surface area contributed by atoms with Gasteiger partial charge >= 0.3 is 0 Å².